The molecule has 2 N–H and O–H groups in total. The van der Waals surface area contributed by atoms with E-state index in [0.717, 1.165) is 47.4 Å². The SMILES string of the molecule is C[C@@H]1CN(C(=O)c2ccc(C=Cc3n[nH]c4ccccc34)cc2)CCN1. The second kappa shape index (κ2) is 7.14. The van der Waals surface area contributed by atoms with Crippen molar-refractivity contribution in [1.29, 1.82) is 0 Å². The van der Waals surface area contributed by atoms with Gasteiger partial charge in [0.25, 0.3) is 5.91 Å². The van der Waals surface area contributed by atoms with E-state index >= 15 is 0 Å². The van der Waals surface area contributed by atoms with Crippen molar-refractivity contribution in [2.75, 3.05) is 19.6 Å². The van der Waals surface area contributed by atoms with Crippen molar-refractivity contribution in [2.24, 2.45) is 0 Å². The summed E-state index contributed by atoms with van der Waals surface area (Å²) < 4.78 is 0. The molecule has 26 heavy (non-hydrogen) atoms. The number of hydrogen-bond donors (Lipinski definition) is 2. The number of aromatic nitrogens is 2. The highest BCUT2D eigenvalue weighted by molar-refractivity contribution is 5.95. The molecule has 132 valence electrons. The zero-order valence-electron chi connectivity index (χ0n) is 14.8. The summed E-state index contributed by atoms with van der Waals surface area (Å²) >= 11 is 0. The fourth-order valence-electron chi connectivity index (χ4n) is 3.32. The highest BCUT2D eigenvalue weighted by Crippen LogP contribution is 2.18. The molecule has 0 spiro atoms. The molecule has 0 unspecified atom stereocenters. The molecule has 0 saturated carbocycles. The minimum Gasteiger partial charge on any atom is -0.336 e. The third kappa shape index (κ3) is 3.39. The Balaban J connectivity index is 1.48. The van der Waals surface area contributed by atoms with E-state index in [1.165, 1.54) is 0 Å². The molecule has 0 radical (unpaired) electrons. The summed E-state index contributed by atoms with van der Waals surface area (Å²) in [5, 5.41) is 11.8. The number of fused-ring (bicyclic) bond motifs is 1. The Labute approximate surface area is 152 Å². The molecule has 1 aliphatic rings. The van der Waals surface area contributed by atoms with Crippen LogP contribution in [0.1, 0.15) is 28.5 Å². The summed E-state index contributed by atoms with van der Waals surface area (Å²) in [5.74, 6) is 0.104. The molecule has 4 rings (SSSR count). The van der Waals surface area contributed by atoms with Gasteiger partial charge < -0.3 is 10.2 Å². The van der Waals surface area contributed by atoms with Crippen molar-refractivity contribution in [2.45, 2.75) is 13.0 Å². The third-order valence-corrected chi connectivity index (χ3v) is 4.75. The average Bonchev–Trinajstić information content (AvgIpc) is 3.09. The summed E-state index contributed by atoms with van der Waals surface area (Å²) in [6.45, 7) is 4.47. The van der Waals surface area contributed by atoms with Crippen molar-refractivity contribution in [1.82, 2.24) is 20.4 Å². The standard InChI is InChI=1S/C21H22N4O/c1-15-14-25(13-12-22-15)21(26)17-9-6-16(7-10-17)8-11-20-18-4-2-3-5-19(18)23-24-20/h2-11,15,22H,12-14H2,1H3,(H,23,24)/t15-/m1/s1. The molecule has 1 saturated heterocycles. The minimum atomic E-state index is 0.104. The Hall–Kier alpha value is -2.92. The lowest BCUT2D eigenvalue weighted by Gasteiger charge is -2.32. The van der Waals surface area contributed by atoms with Gasteiger partial charge in [0.1, 0.15) is 0 Å². The second-order valence-corrected chi connectivity index (χ2v) is 6.72. The van der Waals surface area contributed by atoms with Gasteiger partial charge in [-0.15, -0.1) is 0 Å². The minimum absolute atomic E-state index is 0.104. The van der Waals surface area contributed by atoms with Crippen molar-refractivity contribution in [3.05, 3.63) is 65.4 Å². The van der Waals surface area contributed by atoms with Crippen LogP contribution in [0.15, 0.2) is 48.5 Å². The van der Waals surface area contributed by atoms with Crippen LogP contribution in [0, 0.1) is 0 Å². The molecule has 2 aromatic carbocycles. The largest absolute Gasteiger partial charge is 0.336 e. The smallest absolute Gasteiger partial charge is 0.253 e. The second-order valence-electron chi connectivity index (χ2n) is 6.72. The maximum atomic E-state index is 12.6. The van der Waals surface area contributed by atoms with Gasteiger partial charge in [-0.2, -0.15) is 5.10 Å². The van der Waals surface area contributed by atoms with Crippen LogP contribution < -0.4 is 5.32 Å². The summed E-state index contributed by atoms with van der Waals surface area (Å²) in [5.41, 5.74) is 3.72. The van der Waals surface area contributed by atoms with Gasteiger partial charge >= 0.3 is 0 Å². The fraction of sp³-hybridized carbons (Fsp3) is 0.238. The predicted octanol–water partition coefficient (Wildman–Crippen LogP) is 3.17. The number of carbonyl (C=O) groups excluding carboxylic acids is 1. The van der Waals surface area contributed by atoms with E-state index in [4.69, 9.17) is 0 Å². The quantitative estimate of drug-likeness (QED) is 0.766. The summed E-state index contributed by atoms with van der Waals surface area (Å²) in [4.78, 5) is 14.5. The molecule has 1 atom stereocenters. The highest BCUT2D eigenvalue weighted by atomic mass is 16.2. The average molecular weight is 346 g/mol. The molecule has 1 aliphatic heterocycles. The zero-order chi connectivity index (χ0) is 17.9. The Bertz CT molecular complexity index is 942. The van der Waals surface area contributed by atoms with E-state index in [2.05, 4.69) is 28.5 Å². The lowest BCUT2D eigenvalue weighted by atomic mass is 10.1. The van der Waals surface area contributed by atoms with Crippen LogP contribution in [-0.4, -0.2) is 46.7 Å². The first-order chi connectivity index (χ1) is 12.7. The van der Waals surface area contributed by atoms with Crippen molar-refractivity contribution in [3.8, 4) is 0 Å². The van der Waals surface area contributed by atoms with E-state index in [1.54, 1.807) is 0 Å². The van der Waals surface area contributed by atoms with Crippen LogP contribution in [0.25, 0.3) is 23.1 Å². The third-order valence-electron chi connectivity index (χ3n) is 4.75. The van der Waals surface area contributed by atoms with Crippen molar-refractivity contribution < 1.29 is 4.79 Å². The monoisotopic (exact) mass is 346 g/mol. The van der Waals surface area contributed by atoms with E-state index in [9.17, 15) is 4.79 Å². The van der Waals surface area contributed by atoms with Crippen LogP contribution in [0.2, 0.25) is 0 Å². The number of nitrogens with zero attached hydrogens (tertiary/aromatic N) is 2. The molecule has 0 aliphatic carbocycles. The van der Waals surface area contributed by atoms with Crippen LogP contribution in [0.4, 0.5) is 0 Å². The highest BCUT2D eigenvalue weighted by Gasteiger charge is 2.21. The number of piperazine rings is 1. The van der Waals surface area contributed by atoms with E-state index in [0.29, 0.717) is 6.04 Å². The Morgan fingerprint density at radius 3 is 2.77 bits per heavy atom. The molecule has 1 aromatic heterocycles. The Morgan fingerprint density at radius 2 is 1.96 bits per heavy atom. The van der Waals surface area contributed by atoms with Crippen molar-refractivity contribution >= 4 is 29.0 Å². The molecular formula is C21H22N4O. The maximum absolute atomic E-state index is 12.6. The molecule has 1 fully saturated rings. The molecule has 5 nitrogen and oxygen atoms in total. The number of para-hydroxylation sites is 1. The zero-order valence-corrected chi connectivity index (χ0v) is 14.8. The van der Waals surface area contributed by atoms with Gasteiger partial charge in [0, 0.05) is 36.6 Å². The van der Waals surface area contributed by atoms with Gasteiger partial charge in [0.05, 0.1) is 11.2 Å². The van der Waals surface area contributed by atoms with E-state index in [1.807, 2.05) is 59.5 Å². The number of rotatable bonds is 3. The van der Waals surface area contributed by atoms with Crippen LogP contribution in [0.5, 0.6) is 0 Å². The first-order valence-electron chi connectivity index (χ1n) is 8.94. The first kappa shape index (κ1) is 16.5. The number of carbonyl (C=O) groups is 1. The van der Waals surface area contributed by atoms with Gasteiger partial charge in [-0.25, -0.2) is 0 Å². The van der Waals surface area contributed by atoms with Crippen LogP contribution in [0.3, 0.4) is 0 Å². The maximum Gasteiger partial charge on any atom is 0.253 e. The summed E-state index contributed by atoms with van der Waals surface area (Å²) in [6, 6.07) is 16.2. The first-order valence-corrected chi connectivity index (χ1v) is 8.94. The Kier molecular flexibility index (Phi) is 4.54. The lowest BCUT2D eigenvalue weighted by molar-refractivity contribution is 0.0709. The van der Waals surface area contributed by atoms with Gasteiger partial charge in [0.2, 0.25) is 0 Å². The van der Waals surface area contributed by atoms with E-state index < -0.39 is 0 Å². The molecular weight excluding hydrogens is 324 g/mol. The summed E-state index contributed by atoms with van der Waals surface area (Å²) in [6.07, 6.45) is 4.01. The van der Waals surface area contributed by atoms with Gasteiger partial charge in [-0.05, 0) is 36.8 Å². The lowest BCUT2D eigenvalue weighted by Crippen LogP contribution is -2.51. The van der Waals surface area contributed by atoms with Crippen LogP contribution >= 0.6 is 0 Å². The number of aromatic amines is 1. The Morgan fingerprint density at radius 1 is 1.15 bits per heavy atom. The van der Waals surface area contributed by atoms with Gasteiger partial charge in [-0.3, -0.25) is 9.89 Å². The molecule has 5 heteroatoms. The fourth-order valence-corrected chi connectivity index (χ4v) is 3.32. The molecule has 2 heterocycles. The normalized spacial score (nSPS) is 17.9. The summed E-state index contributed by atoms with van der Waals surface area (Å²) in [7, 11) is 0. The van der Waals surface area contributed by atoms with E-state index in [-0.39, 0.29) is 5.91 Å². The molecule has 1 amide bonds. The number of amides is 1. The number of hydrogen-bond acceptors (Lipinski definition) is 3. The van der Waals surface area contributed by atoms with Gasteiger partial charge in [0.15, 0.2) is 0 Å². The molecule has 0 bridgehead atoms. The number of benzene rings is 2. The van der Waals surface area contributed by atoms with Crippen LogP contribution in [-0.2, 0) is 0 Å². The predicted molar refractivity (Wildman–Crippen MR) is 105 cm³/mol. The number of nitrogens with one attached hydrogen (secondary N) is 2. The number of H-pyrrole nitrogens is 1. The van der Waals surface area contributed by atoms with Crippen molar-refractivity contribution in [3.63, 3.8) is 0 Å². The molecule has 3 aromatic rings. The topological polar surface area (TPSA) is 61.0 Å². The van der Waals surface area contributed by atoms with Gasteiger partial charge in [-0.1, -0.05) is 36.4 Å².